The van der Waals surface area contributed by atoms with E-state index in [1.54, 1.807) is 11.3 Å². The molecule has 0 fully saturated rings. The van der Waals surface area contributed by atoms with Crippen LogP contribution in [0, 0.1) is 0 Å². The largest absolute Gasteiger partial charge is 0.372 e. The fourth-order valence-electron chi connectivity index (χ4n) is 1.15. The van der Waals surface area contributed by atoms with Crippen molar-refractivity contribution >= 4 is 28.8 Å². The Labute approximate surface area is 91.6 Å². The number of rotatable bonds is 2. The number of aromatic nitrogens is 1. The maximum absolute atomic E-state index is 6.06. The summed E-state index contributed by atoms with van der Waals surface area (Å²) < 4.78 is 0. The molecule has 2 nitrogen and oxygen atoms in total. The van der Waals surface area contributed by atoms with Crippen molar-refractivity contribution in [3.05, 3.63) is 34.7 Å². The Hall–Kier alpha value is -1.06. The highest BCUT2D eigenvalue weighted by Crippen LogP contribution is 2.31. The molecule has 1 aromatic carbocycles. The first-order chi connectivity index (χ1) is 6.81. The van der Waals surface area contributed by atoms with E-state index in [0.29, 0.717) is 0 Å². The highest BCUT2D eigenvalue weighted by atomic mass is 35.5. The van der Waals surface area contributed by atoms with Crippen LogP contribution < -0.4 is 5.32 Å². The molecule has 0 saturated carbocycles. The summed E-state index contributed by atoms with van der Waals surface area (Å²) in [6, 6.07) is 7.72. The van der Waals surface area contributed by atoms with E-state index in [4.69, 9.17) is 11.6 Å². The number of halogens is 1. The van der Waals surface area contributed by atoms with Crippen molar-refractivity contribution in [2.45, 2.75) is 0 Å². The molecule has 0 aliphatic rings. The summed E-state index contributed by atoms with van der Waals surface area (Å²) in [5, 5.41) is 6.65. The van der Waals surface area contributed by atoms with E-state index in [0.717, 1.165) is 21.4 Å². The molecule has 0 spiro atoms. The Morgan fingerprint density at radius 3 is 2.79 bits per heavy atom. The minimum Gasteiger partial charge on any atom is -0.372 e. The summed E-state index contributed by atoms with van der Waals surface area (Å²) in [7, 11) is 1.85. The van der Waals surface area contributed by atoms with Gasteiger partial charge in [0.2, 0.25) is 0 Å². The highest BCUT2D eigenvalue weighted by Gasteiger charge is 2.06. The average Bonchev–Trinajstić information content (AvgIpc) is 2.67. The van der Waals surface area contributed by atoms with Gasteiger partial charge >= 0.3 is 0 Å². The summed E-state index contributed by atoms with van der Waals surface area (Å²) >= 11 is 7.64. The summed E-state index contributed by atoms with van der Waals surface area (Å²) in [5.41, 5.74) is 0.987. The normalized spacial score (nSPS) is 10.1. The lowest BCUT2D eigenvalue weighted by atomic mass is 10.2. The summed E-state index contributed by atoms with van der Waals surface area (Å²) in [5.74, 6) is 0.880. The zero-order valence-corrected chi connectivity index (χ0v) is 9.19. The highest BCUT2D eigenvalue weighted by molar-refractivity contribution is 7.13. The molecule has 72 valence electrons. The molecule has 14 heavy (non-hydrogen) atoms. The van der Waals surface area contributed by atoms with Crippen LogP contribution in [-0.2, 0) is 0 Å². The molecule has 1 heterocycles. The SMILES string of the molecule is CNc1csc(-c2ccccc2Cl)n1. The Bertz CT molecular complexity index is 439. The molecule has 1 N–H and O–H groups in total. The maximum atomic E-state index is 6.06. The Balaban J connectivity index is 2.44. The second kappa shape index (κ2) is 3.98. The molecule has 1 aromatic heterocycles. The van der Waals surface area contributed by atoms with Crippen LogP contribution in [0.1, 0.15) is 0 Å². The van der Waals surface area contributed by atoms with Crippen molar-refractivity contribution in [3.63, 3.8) is 0 Å². The zero-order chi connectivity index (χ0) is 9.97. The standard InChI is InChI=1S/C10H9ClN2S/c1-12-9-6-14-10(13-9)7-4-2-3-5-8(7)11/h2-6,12H,1H3. The van der Waals surface area contributed by atoms with Gasteiger partial charge in [-0.2, -0.15) is 0 Å². The predicted molar refractivity (Wildman–Crippen MR) is 62.1 cm³/mol. The van der Waals surface area contributed by atoms with Gasteiger partial charge in [0.25, 0.3) is 0 Å². The Morgan fingerprint density at radius 2 is 2.14 bits per heavy atom. The number of thiazole rings is 1. The van der Waals surface area contributed by atoms with Gasteiger partial charge in [0.1, 0.15) is 10.8 Å². The Morgan fingerprint density at radius 1 is 1.36 bits per heavy atom. The fourth-order valence-corrected chi connectivity index (χ4v) is 2.28. The molecule has 0 radical (unpaired) electrons. The zero-order valence-electron chi connectivity index (χ0n) is 7.62. The minimum absolute atomic E-state index is 0.740. The van der Waals surface area contributed by atoms with Crippen LogP contribution in [-0.4, -0.2) is 12.0 Å². The quantitative estimate of drug-likeness (QED) is 0.845. The van der Waals surface area contributed by atoms with Crippen LogP contribution in [0.5, 0.6) is 0 Å². The first-order valence-electron chi connectivity index (χ1n) is 4.19. The molecule has 0 amide bonds. The van der Waals surface area contributed by atoms with Gasteiger partial charge in [-0.15, -0.1) is 11.3 Å². The summed E-state index contributed by atoms with van der Waals surface area (Å²) in [6.07, 6.45) is 0. The third kappa shape index (κ3) is 1.74. The minimum atomic E-state index is 0.740. The van der Waals surface area contributed by atoms with E-state index < -0.39 is 0 Å². The van der Waals surface area contributed by atoms with Crippen molar-refractivity contribution in [1.82, 2.24) is 4.98 Å². The van der Waals surface area contributed by atoms with E-state index in [-0.39, 0.29) is 0 Å². The lowest BCUT2D eigenvalue weighted by molar-refractivity contribution is 1.35. The molecular weight excluding hydrogens is 216 g/mol. The van der Waals surface area contributed by atoms with Gasteiger partial charge in [0, 0.05) is 18.0 Å². The number of hydrogen-bond acceptors (Lipinski definition) is 3. The van der Waals surface area contributed by atoms with Gasteiger partial charge in [-0.3, -0.25) is 0 Å². The van der Waals surface area contributed by atoms with Crippen LogP contribution >= 0.6 is 22.9 Å². The fraction of sp³-hybridized carbons (Fsp3) is 0.100. The average molecular weight is 225 g/mol. The molecule has 2 rings (SSSR count). The monoisotopic (exact) mass is 224 g/mol. The first-order valence-corrected chi connectivity index (χ1v) is 5.45. The van der Waals surface area contributed by atoms with E-state index in [1.807, 2.05) is 36.7 Å². The van der Waals surface area contributed by atoms with Crippen molar-refractivity contribution in [1.29, 1.82) is 0 Å². The summed E-state index contributed by atoms with van der Waals surface area (Å²) in [6.45, 7) is 0. The number of nitrogens with one attached hydrogen (secondary N) is 1. The van der Waals surface area contributed by atoms with Crippen LogP contribution in [0.4, 0.5) is 5.82 Å². The molecule has 2 aromatic rings. The van der Waals surface area contributed by atoms with E-state index in [2.05, 4.69) is 10.3 Å². The van der Waals surface area contributed by atoms with Gasteiger partial charge < -0.3 is 5.32 Å². The van der Waals surface area contributed by atoms with Crippen molar-refractivity contribution < 1.29 is 0 Å². The van der Waals surface area contributed by atoms with Crippen LogP contribution in [0.15, 0.2) is 29.6 Å². The van der Waals surface area contributed by atoms with E-state index in [9.17, 15) is 0 Å². The van der Waals surface area contributed by atoms with Crippen LogP contribution in [0.25, 0.3) is 10.6 Å². The molecule has 0 atom stereocenters. The number of nitrogens with zero attached hydrogens (tertiary/aromatic N) is 1. The van der Waals surface area contributed by atoms with Gasteiger partial charge in [0.15, 0.2) is 0 Å². The number of benzene rings is 1. The van der Waals surface area contributed by atoms with Crippen LogP contribution in [0.3, 0.4) is 0 Å². The molecule has 0 aliphatic heterocycles. The lowest BCUT2D eigenvalue weighted by Gasteiger charge is -1.98. The van der Waals surface area contributed by atoms with E-state index >= 15 is 0 Å². The molecule has 0 bridgehead atoms. The third-order valence-corrected chi connectivity index (χ3v) is 3.07. The van der Waals surface area contributed by atoms with Crippen molar-refractivity contribution in [2.75, 3.05) is 12.4 Å². The number of hydrogen-bond donors (Lipinski definition) is 1. The van der Waals surface area contributed by atoms with Gasteiger partial charge in [-0.05, 0) is 6.07 Å². The molecule has 0 saturated heterocycles. The second-order valence-electron chi connectivity index (χ2n) is 2.77. The van der Waals surface area contributed by atoms with Gasteiger partial charge in [-0.1, -0.05) is 29.8 Å². The first kappa shape index (κ1) is 9.49. The van der Waals surface area contributed by atoms with Crippen molar-refractivity contribution in [2.24, 2.45) is 0 Å². The van der Waals surface area contributed by atoms with Gasteiger partial charge in [0.05, 0.1) is 5.02 Å². The molecular formula is C10H9ClN2S. The Kier molecular flexibility index (Phi) is 2.70. The topological polar surface area (TPSA) is 24.9 Å². The summed E-state index contributed by atoms with van der Waals surface area (Å²) in [4.78, 5) is 4.38. The predicted octanol–water partition coefficient (Wildman–Crippen LogP) is 3.51. The molecule has 4 heteroatoms. The van der Waals surface area contributed by atoms with Crippen molar-refractivity contribution in [3.8, 4) is 10.6 Å². The second-order valence-corrected chi connectivity index (χ2v) is 4.03. The molecule has 0 aliphatic carbocycles. The number of anilines is 1. The lowest BCUT2D eigenvalue weighted by Crippen LogP contribution is -1.87. The van der Waals surface area contributed by atoms with E-state index in [1.165, 1.54) is 0 Å². The molecule has 0 unspecified atom stereocenters. The van der Waals surface area contributed by atoms with Gasteiger partial charge in [-0.25, -0.2) is 4.98 Å². The maximum Gasteiger partial charge on any atom is 0.137 e. The smallest absolute Gasteiger partial charge is 0.137 e. The van der Waals surface area contributed by atoms with Crippen LogP contribution in [0.2, 0.25) is 5.02 Å². The third-order valence-electron chi connectivity index (χ3n) is 1.86.